The summed E-state index contributed by atoms with van der Waals surface area (Å²) >= 11 is 3.37. The summed E-state index contributed by atoms with van der Waals surface area (Å²) in [6.07, 6.45) is 1.29. The summed E-state index contributed by atoms with van der Waals surface area (Å²) in [7, 11) is 0. The van der Waals surface area contributed by atoms with Gasteiger partial charge < -0.3 is 15.6 Å². The zero-order chi connectivity index (χ0) is 10.7. The van der Waals surface area contributed by atoms with E-state index in [9.17, 15) is 0 Å². The van der Waals surface area contributed by atoms with E-state index in [2.05, 4.69) is 35.9 Å². The molecule has 6 heteroatoms. The molecule has 0 saturated heterocycles. The minimum absolute atomic E-state index is 0.483. The number of nitrogens with zero attached hydrogens (tertiary/aromatic N) is 2. The third-order valence-electron chi connectivity index (χ3n) is 1.86. The second kappa shape index (κ2) is 4.31. The van der Waals surface area contributed by atoms with Crippen molar-refractivity contribution in [1.82, 2.24) is 10.1 Å². The van der Waals surface area contributed by atoms with Crippen molar-refractivity contribution < 1.29 is 4.52 Å². The smallest absolute Gasteiger partial charge is 0.213 e. The van der Waals surface area contributed by atoms with Gasteiger partial charge in [-0.05, 0) is 18.2 Å². The fraction of sp³-hybridized carbons (Fsp3) is 0.111. The van der Waals surface area contributed by atoms with Gasteiger partial charge in [0.05, 0.1) is 17.9 Å². The van der Waals surface area contributed by atoms with Crippen molar-refractivity contribution in [1.29, 1.82) is 0 Å². The molecule has 0 atom stereocenters. The number of rotatable bonds is 3. The molecule has 0 aliphatic carbocycles. The average Bonchev–Trinajstić information content (AvgIpc) is 2.72. The van der Waals surface area contributed by atoms with E-state index in [0.29, 0.717) is 18.1 Å². The van der Waals surface area contributed by atoms with Gasteiger partial charge in [-0.1, -0.05) is 21.1 Å². The molecule has 0 amide bonds. The molecule has 0 aliphatic rings. The summed E-state index contributed by atoms with van der Waals surface area (Å²) in [5, 5.41) is 6.80. The van der Waals surface area contributed by atoms with E-state index in [1.807, 2.05) is 18.2 Å². The van der Waals surface area contributed by atoms with Crippen molar-refractivity contribution in [2.45, 2.75) is 6.54 Å². The van der Waals surface area contributed by atoms with Gasteiger partial charge in [0, 0.05) is 4.47 Å². The Labute approximate surface area is 94.8 Å². The lowest BCUT2D eigenvalue weighted by molar-refractivity contribution is 0.411. The average molecular weight is 269 g/mol. The highest BCUT2D eigenvalue weighted by molar-refractivity contribution is 9.10. The topological polar surface area (TPSA) is 77.0 Å². The van der Waals surface area contributed by atoms with Crippen molar-refractivity contribution in [3.63, 3.8) is 0 Å². The second-order valence-corrected chi connectivity index (χ2v) is 3.85. The summed E-state index contributed by atoms with van der Waals surface area (Å²) < 4.78 is 5.58. The van der Waals surface area contributed by atoms with E-state index in [-0.39, 0.29) is 0 Å². The van der Waals surface area contributed by atoms with Crippen LogP contribution in [0.2, 0.25) is 0 Å². The van der Waals surface area contributed by atoms with Gasteiger partial charge in [0.25, 0.3) is 0 Å². The van der Waals surface area contributed by atoms with E-state index < -0.39 is 0 Å². The fourth-order valence-electron chi connectivity index (χ4n) is 1.13. The third kappa shape index (κ3) is 2.47. The molecule has 1 aromatic heterocycles. The van der Waals surface area contributed by atoms with Crippen LogP contribution in [0.5, 0.6) is 0 Å². The lowest BCUT2D eigenvalue weighted by atomic mass is 10.2. The van der Waals surface area contributed by atoms with Gasteiger partial charge in [-0.2, -0.15) is 4.98 Å². The molecule has 0 aliphatic heterocycles. The van der Waals surface area contributed by atoms with Crippen LogP contribution in [0.15, 0.2) is 33.6 Å². The molecule has 2 aromatic rings. The first kappa shape index (κ1) is 9.97. The fourth-order valence-corrected chi connectivity index (χ4v) is 1.49. The number of aromatic nitrogens is 2. The number of nitrogens with one attached hydrogen (secondary N) is 1. The normalized spacial score (nSPS) is 10.2. The van der Waals surface area contributed by atoms with Gasteiger partial charge in [0.2, 0.25) is 6.39 Å². The van der Waals surface area contributed by atoms with E-state index >= 15 is 0 Å². The van der Waals surface area contributed by atoms with E-state index in [0.717, 1.165) is 10.2 Å². The van der Waals surface area contributed by atoms with Gasteiger partial charge in [-0.25, -0.2) is 0 Å². The summed E-state index contributed by atoms with van der Waals surface area (Å²) in [6, 6.07) is 5.60. The van der Waals surface area contributed by atoms with Crippen molar-refractivity contribution in [3.8, 4) is 0 Å². The number of halogens is 1. The molecule has 0 unspecified atom stereocenters. The van der Waals surface area contributed by atoms with Crippen LogP contribution >= 0.6 is 15.9 Å². The lowest BCUT2D eigenvalue weighted by Crippen LogP contribution is -2.03. The zero-order valence-corrected chi connectivity index (χ0v) is 9.36. The summed E-state index contributed by atoms with van der Waals surface area (Å²) in [5.41, 5.74) is 7.31. The van der Waals surface area contributed by atoms with Crippen LogP contribution in [0.4, 0.5) is 11.4 Å². The first-order valence-electron chi connectivity index (χ1n) is 4.30. The van der Waals surface area contributed by atoms with Crippen molar-refractivity contribution in [2.24, 2.45) is 0 Å². The van der Waals surface area contributed by atoms with Crippen molar-refractivity contribution in [2.75, 3.05) is 11.1 Å². The highest BCUT2D eigenvalue weighted by Gasteiger charge is 2.02. The molecule has 2 rings (SSSR count). The van der Waals surface area contributed by atoms with Crippen LogP contribution in [0.1, 0.15) is 5.82 Å². The molecule has 78 valence electrons. The maximum Gasteiger partial charge on any atom is 0.213 e. The molecular formula is C9H9BrN4O. The van der Waals surface area contributed by atoms with Gasteiger partial charge >= 0.3 is 0 Å². The largest absolute Gasteiger partial charge is 0.397 e. The molecular weight excluding hydrogens is 260 g/mol. The summed E-state index contributed by atoms with van der Waals surface area (Å²) in [5.74, 6) is 0.592. The Hall–Kier alpha value is -1.56. The first-order chi connectivity index (χ1) is 7.25. The van der Waals surface area contributed by atoms with Crippen molar-refractivity contribution in [3.05, 3.63) is 34.9 Å². The molecule has 5 nitrogen and oxygen atoms in total. The molecule has 1 heterocycles. The predicted octanol–water partition coefficient (Wildman–Crippen LogP) is 2.03. The van der Waals surface area contributed by atoms with Crippen molar-refractivity contribution >= 4 is 27.3 Å². The Kier molecular flexibility index (Phi) is 2.86. The Bertz CT molecular complexity index is 443. The molecule has 0 radical (unpaired) electrons. The monoisotopic (exact) mass is 268 g/mol. The summed E-state index contributed by atoms with van der Waals surface area (Å²) in [6.45, 7) is 0.483. The zero-order valence-electron chi connectivity index (χ0n) is 7.77. The van der Waals surface area contributed by atoms with E-state index in [1.54, 1.807) is 0 Å². The Morgan fingerprint density at radius 3 is 3.07 bits per heavy atom. The Balaban J connectivity index is 2.07. The number of nitrogens with two attached hydrogens (primary N) is 1. The minimum atomic E-state index is 0.483. The number of nitrogen functional groups attached to an aromatic ring is 1. The van der Waals surface area contributed by atoms with Crippen LogP contribution in [-0.2, 0) is 6.54 Å². The molecule has 0 saturated carbocycles. The van der Waals surface area contributed by atoms with Crippen LogP contribution in [0.3, 0.4) is 0 Å². The first-order valence-corrected chi connectivity index (χ1v) is 5.09. The SMILES string of the molecule is Nc1ccc(Br)cc1NCc1ncon1. The Morgan fingerprint density at radius 2 is 2.33 bits per heavy atom. The van der Waals surface area contributed by atoms with Gasteiger partial charge in [-0.3, -0.25) is 0 Å². The minimum Gasteiger partial charge on any atom is -0.397 e. The molecule has 0 spiro atoms. The maximum absolute atomic E-state index is 5.78. The number of hydrogen-bond acceptors (Lipinski definition) is 5. The standard InChI is InChI=1S/C9H9BrN4O/c10-6-1-2-7(11)8(3-6)12-4-9-13-5-15-14-9/h1-3,5,12H,4,11H2. The predicted molar refractivity (Wildman–Crippen MR) is 60.2 cm³/mol. The molecule has 0 bridgehead atoms. The summed E-state index contributed by atoms with van der Waals surface area (Å²) in [4.78, 5) is 3.89. The number of benzene rings is 1. The highest BCUT2D eigenvalue weighted by atomic mass is 79.9. The highest BCUT2D eigenvalue weighted by Crippen LogP contribution is 2.23. The van der Waals surface area contributed by atoms with E-state index in [4.69, 9.17) is 5.73 Å². The Morgan fingerprint density at radius 1 is 1.47 bits per heavy atom. The number of hydrogen-bond donors (Lipinski definition) is 2. The molecule has 1 aromatic carbocycles. The van der Waals surface area contributed by atoms with E-state index in [1.165, 1.54) is 6.39 Å². The molecule has 3 N–H and O–H groups in total. The maximum atomic E-state index is 5.78. The third-order valence-corrected chi connectivity index (χ3v) is 2.35. The molecule has 15 heavy (non-hydrogen) atoms. The van der Waals surface area contributed by atoms with Crippen LogP contribution < -0.4 is 11.1 Å². The molecule has 0 fully saturated rings. The van der Waals surface area contributed by atoms with Gasteiger partial charge in [0.15, 0.2) is 5.82 Å². The van der Waals surface area contributed by atoms with Crippen LogP contribution in [0, 0.1) is 0 Å². The second-order valence-electron chi connectivity index (χ2n) is 2.93. The number of anilines is 2. The lowest BCUT2D eigenvalue weighted by Gasteiger charge is -2.07. The van der Waals surface area contributed by atoms with Gasteiger partial charge in [-0.15, -0.1) is 0 Å². The van der Waals surface area contributed by atoms with Gasteiger partial charge in [0.1, 0.15) is 0 Å². The van der Waals surface area contributed by atoms with Crippen LogP contribution in [-0.4, -0.2) is 10.1 Å². The van der Waals surface area contributed by atoms with Crippen LogP contribution in [0.25, 0.3) is 0 Å². The quantitative estimate of drug-likeness (QED) is 0.833.